The van der Waals surface area contributed by atoms with E-state index in [4.69, 9.17) is 14.2 Å². The molecule has 0 saturated carbocycles. The Balaban J connectivity index is 1.61. The van der Waals surface area contributed by atoms with Crippen molar-refractivity contribution in [3.63, 3.8) is 0 Å². The lowest BCUT2D eigenvalue weighted by molar-refractivity contribution is -0.137. The molecule has 3 aromatic rings. The summed E-state index contributed by atoms with van der Waals surface area (Å²) in [5.41, 5.74) is 1.76. The molecule has 1 saturated heterocycles. The molecular weight excluding hydrogens is 455 g/mol. The van der Waals surface area contributed by atoms with E-state index in [0.717, 1.165) is 38.1 Å². The average molecular weight is 486 g/mol. The number of hydrogen-bond donors (Lipinski definition) is 1. The van der Waals surface area contributed by atoms with E-state index in [0.29, 0.717) is 34.8 Å². The van der Waals surface area contributed by atoms with Gasteiger partial charge >= 0.3 is 6.18 Å². The van der Waals surface area contributed by atoms with Gasteiger partial charge in [-0.15, -0.1) is 0 Å². The Hall–Kier alpha value is -3.03. The molecule has 1 N–H and O–H groups in total. The van der Waals surface area contributed by atoms with Crippen LogP contribution >= 0.6 is 0 Å². The molecule has 4 rings (SSSR count). The van der Waals surface area contributed by atoms with E-state index >= 15 is 0 Å². The molecule has 1 fully saturated rings. The number of rotatable bonds is 8. The predicted molar refractivity (Wildman–Crippen MR) is 130 cm³/mol. The molecular formula is C28H30F3NO3. The van der Waals surface area contributed by atoms with E-state index < -0.39 is 11.7 Å². The first-order chi connectivity index (χ1) is 16.8. The minimum atomic E-state index is -4.48. The van der Waals surface area contributed by atoms with Gasteiger partial charge in [0.05, 0.1) is 33.0 Å². The molecule has 35 heavy (non-hydrogen) atoms. The molecule has 0 spiro atoms. The fourth-order valence-corrected chi connectivity index (χ4v) is 4.71. The summed E-state index contributed by atoms with van der Waals surface area (Å²) in [7, 11) is 3.01. The first-order valence-corrected chi connectivity index (χ1v) is 11.6. The van der Waals surface area contributed by atoms with Gasteiger partial charge < -0.3 is 19.5 Å². The minimum absolute atomic E-state index is 0.0808. The fraction of sp³-hybridized carbons (Fsp3) is 0.357. The molecule has 0 aromatic heterocycles. The number of hydrogen-bond acceptors (Lipinski definition) is 4. The van der Waals surface area contributed by atoms with Crippen LogP contribution in [0.3, 0.4) is 0 Å². The Morgan fingerprint density at radius 2 is 1.63 bits per heavy atom. The highest BCUT2D eigenvalue weighted by atomic mass is 19.4. The topological polar surface area (TPSA) is 39.7 Å². The Labute approximate surface area is 204 Å². The van der Waals surface area contributed by atoms with Crippen molar-refractivity contribution in [2.75, 3.05) is 33.9 Å². The largest absolute Gasteiger partial charge is 0.497 e. The molecule has 0 unspecified atom stereocenters. The van der Waals surface area contributed by atoms with E-state index in [1.807, 2.05) is 18.2 Å². The monoisotopic (exact) mass is 485 g/mol. The maximum atomic E-state index is 13.8. The van der Waals surface area contributed by atoms with E-state index in [-0.39, 0.29) is 12.0 Å². The summed E-state index contributed by atoms with van der Waals surface area (Å²) < 4.78 is 58.1. The van der Waals surface area contributed by atoms with Crippen molar-refractivity contribution in [3.8, 4) is 22.6 Å². The van der Waals surface area contributed by atoms with Crippen LogP contribution in [0.5, 0.6) is 11.5 Å². The minimum Gasteiger partial charge on any atom is -0.497 e. The van der Waals surface area contributed by atoms with Crippen molar-refractivity contribution in [2.24, 2.45) is 0 Å². The van der Waals surface area contributed by atoms with Crippen LogP contribution in [0.1, 0.15) is 29.5 Å². The lowest BCUT2D eigenvalue weighted by Gasteiger charge is -2.38. The van der Waals surface area contributed by atoms with E-state index in [2.05, 4.69) is 17.4 Å². The summed E-state index contributed by atoms with van der Waals surface area (Å²) >= 11 is 0. The van der Waals surface area contributed by atoms with Crippen molar-refractivity contribution in [2.45, 2.75) is 31.0 Å². The number of benzene rings is 3. The van der Waals surface area contributed by atoms with Gasteiger partial charge in [-0.2, -0.15) is 13.2 Å². The second-order valence-electron chi connectivity index (χ2n) is 8.87. The molecule has 3 aromatic carbocycles. The van der Waals surface area contributed by atoms with Gasteiger partial charge in [-0.05, 0) is 73.0 Å². The van der Waals surface area contributed by atoms with E-state index in [1.54, 1.807) is 24.3 Å². The molecule has 0 aliphatic carbocycles. The first kappa shape index (κ1) is 25.1. The Morgan fingerprint density at radius 3 is 2.29 bits per heavy atom. The van der Waals surface area contributed by atoms with Crippen LogP contribution in [-0.4, -0.2) is 33.9 Å². The molecule has 1 heterocycles. The third-order valence-electron chi connectivity index (χ3n) is 6.63. The quantitative estimate of drug-likeness (QED) is 0.411. The summed E-state index contributed by atoms with van der Waals surface area (Å²) in [5, 5.41) is 3.38. The standard InChI is InChI=1S/C28H30F3NO3/c1-33-24-8-9-25(26(17-24)34-2)21-14-20(15-23(16-21)28(29,30)31)18-35-19-27(10-12-32-13-11-27)22-6-4-3-5-7-22/h3-9,14-17,32H,10-13,18-19H2,1-2H3. The zero-order valence-electron chi connectivity index (χ0n) is 20.0. The molecule has 0 radical (unpaired) electrons. The number of nitrogens with one attached hydrogen (secondary N) is 1. The molecule has 1 aliphatic rings. The summed E-state index contributed by atoms with van der Waals surface area (Å²) in [5.74, 6) is 1.00. The number of methoxy groups -OCH3 is 2. The van der Waals surface area contributed by atoms with E-state index in [9.17, 15) is 13.2 Å². The molecule has 0 atom stereocenters. The van der Waals surface area contributed by atoms with Crippen LogP contribution in [-0.2, 0) is 22.9 Å². The molecule has 0 bridgehead atoms. The average Bonchev–Trinajstić information content (AvgIpc) is 2.88. The molecule has 0 amide bonds. The van der Waals surface area contributed by atoms with Crippen molar-refractivity contribution in [1.29, 1.82) is 0 Å². The molecule has 186 valence electrons. The van der Waals surface area contributed by atoms with Gasteiger partial charge in [-0.3, -0.25) is 0 Å². The number of halogens is 3. The van der Waals surface area contributed by atoms with Crippen LogP contribution in [0, 0.1) is 0 Å². The van der Waals surface area contributed by atoms with Crippen LogP contribution in [0.25, 0.3) is 11.1 Å². The highest BCUT2D eigenvalue weighted by molar-refractivity contribution is 5.73. The first-order valence-electron chi connectivity index (χ1n) is 11.6. The van der Waals surface area contributed by atoms with Crippen molar-refractivity contribution < 1.29 is 27.4 Å². The number of ether oxygens (including phenoxy) is 3. The van der Waals surface area contributed by atoms with Crippen LogP contribution in [0.2, 0.25) is 0 Å². The van der Waals surface area contributed by atoms with Gasteiger partial charge in [-0.1, -0.05) is 30.3 Å². The Morgan fingerprint density at radius 1 is 0.886 bits per heavy atom. The number of alkyl halides is 3. The second kappa shape index (κ2) is 10.7. The maximum absolute atomic E-state index is 13.8. The highest BCUT2D eigenvalue weighted by Gasteiger charge is 2.35. The van der Waals surface area contributed by atoms with Gasteiger partial charge in [0.25, 0.3) is 0 Å². The van der Waals surface area contributed by atoms with Gasteiger partial charge in [0.1, 0.15) is 11.5 Å². The lowest BCUT2D eigenvalue weighted by Crippen LogP contribution is -2.43. The third-order valence-corrected chi connectivity index (χ3v) is 6.63. The van der Waals surface area contributed by atoms with Crippen LogP contribution in [0.4, 0.5) is 13.2 Å². The normalized spacial score (nSPS) is 15.6. The van der Waals surface area contributed by atoms with Gasteiger partial charge in [0.2, 0.25) is 0 Å². The summed E-state index contributed by atoms with van der Waals surface area (Å²) in [4.78, 5) is 0. The molecule has 1 aliphatic heterocycles. The van der Waals surface area contributed by atoms with Crippen molar-refractivity contribution in [1.82, 2.24) is 5.32 Å². The van der Waals surface area contributed by atoms with Crippen LogP contribution < -0.4 is 14.8 Å². The predicted octanol–water partition coefficient (Wildman–Crippen LogP) is 6.23. The maximum Gasteiger partial charge on any atom is 0.416 e. The van der Waals surface area contributed by atoms with Gasteiger partial charge in [0.15, 0.2) is 0 Å². The Bertz CT molecular complexity index is 1130. The summed E-state index contributed by atoms with van der Waals surface area (Å²) in [6.45, 7) is 2.28. The molecule has 4 nitrogen and oxygen atoms in total. The number of piperidine rings is 1. The fourth-order valence-electron chi connectivity index (χ4n) is 4.71. The summed E-state index contributed by atoms with van der Waals surface area (Å²) in [6.07, 6.45) is -2.66. The van der Waals surface area contributed by atoms with Gasteiger partial charge in [-0.25, -0.2) is 0 Å². The highest BCUT2D eigenvalue weighted by Crippen LogP contribution is 2.39. The van der Waals surface area contributed by atoms with Crippen LogP contribution in [0.15, 0.2) is 66.7 Å². The smallest absolute Gasteiger partial charge is 0.416 e. The SMILES string of the molecule is COc1ccc(-c2cc(COCC3(c4ccccc4)CCNCC3)cc(C(F)(F)F)c2)c(OC)c1. The molecule has 7 heteroatoms. The lowest BCUT2D eigenvalue weighted by atomic mass is 9.74. The van der Waals surface area contributed by atoms with Crippen molar-refractivity contribution in [3.05, 3.63) is 83.4 Å². The zero-order valence-corrected chi connectivity index (χ0v) is 20.0. The zero-order chi connectivity index (χ0) is 24.9. The Kier molecular flexibility index (Phi) is 7.67. The van der Waals surface area contributed by atoms with Gasteiger partial charge in [0, 0.05) is 17.0 Å². The third kappa shape index (κ3) is 5.80. The second-order valence-corrected chi connectivity index (χ2v) is 8.87. The summed E-state index contributed by atoms with van der Waals surface area (Å²) in [6, 6.07) is 19.3. The van der Waals surface area contributed by atoms with E-state index in [1.165, 1.54) is 19.8 Å². The van der Waals surface area contributed by atoms with Crippen molar-refractivity contribution >= 4 is 0 Å².